The Hall–Kier alpha value is -2.57. The summed E-state index contributed by atoms with van der Waals surface area (Å²) in [5.41, 5.74) is 2.34. The van der Waals surface area contributed by atoms with E-state index in [0.717, 1.165) is 16.9 Å². The van der Waals surface area contributed by atoms with Crippen molar-refractivity contribution in [3.05, 3.63) is 29.6 Å². The lowest BCUT2D eigenvalue weighted by molar-refractivity contribution is 0.0476. The number of H-pyrrole nitrogens is 1. The summed E-state index contributed by atoms with van der Waals surface area (Å²) in [6, 6.07) is 5.48. The minimum atomic E-state index is -0.313. The van der Waals surface area contributed by atoms with Crippen molar-refractivity contribution in [3.63, 3.8) is 0 Å². The Bertz CT molecular complexity index is 760. The van der Waals surface area contributed by atoms with Crippen molar-refractivity contribution in [3.8, 4) is 0 Å². The fraction of sp³-hybridized carbons (Fsp3) is 0.471. The molecule has 1 aromatic heterocycles. The summed E-state index contributed by atoms with van der Waals surface area (Å²) < 4.78 is 5.19. The first-order valence-corrected chi connectivity index (χ1v) is 8.15. The second-order valence-electron chi connectivity index (χ2n) is 6.27. The molecular weight excluding hydrogens is 308 g/mol. The zero-order valence-electron chi connectivity index (χ0n) is 14.2. The number of aryl methyl sites for hydroxylation is 1. The van der Waals surface area contributed by atoms with Crippen LogP contribution in [-0.4, -0.2) is 64.1 Å². The van der Waals surface area contributed by atoms with E-state index in [4.69, 9.17) is 4.74 Å². The van der Waals surface area contributed by atoms with E-state index in [0.29, 0.717) is 31.7 Å². The quantitative estimate of drug-likeness (QED) is 0.915. The summed E-state index contributed by atoms with van der Waals surface area (Å²) in [4.78, 5) is 35.5. The molecule has 0 bridgehead atoms. The molecule has 1 N–H and O–H groups in total. The van der Waals surface area contributed by atoms with Crippen LogP contribution in [0.15, 0.2) is 18.2 Å². The molecule has 0 radical (unpaired) electrons. The number of nitrogens with one attached hydrogen (secondary N) is 1. The van der Waals surface area contributed by atoms with Crippen molar-refractivity contribution in [2.45, 2.75) is 26.9 Å². The summed E-state index contributed by atoms with van der Waals surface area (Å²) in [6.45, 7) is 7.52. The number of carbonyl (C=O) groups excluding carboxylic acids is 2. The number of nitrogens with zero attached hydrogens (tertiary/aromatic N) is 3. The average Bonchev–Trinajstić information content (AvgIpc) is 2.92. The van der Waals surface area contributed by atoms with Crippen LogP contribution in [0.2, 0.25) is 0 Å². The van der Waals surface area contributed by atoms with Crippen molar-refractivity contribution in [2.24, 2.45) is 0 Å². The molecule has 0 aliphatic carbocycles. The van der Waals surface area contributed by atoms with Gasteiger partial charge in [0.1, 0.15) is 5.82 Å². The maximum absolute atomic E-state index is 12.7. The monoisotopic (exact) mass is 330 g/mol. The standard InChI is InChI=1S/C17H22N4O3/c1-11(2)24-17(23)21-8-6-20(7-9-21)16(22)13-4-5-14-15(10-13)19-12(3)18-14/h4-5,10-11H,6-9H2,1-3H3,(H,18,19). The molecule has 128 valence electrons. The first-order valence-electron chi connectivity index (χ1n) is 8.15. The van der Waals surface area contributed by atoms with Gasteiger partial charge in [-0.1, -0.05) is 0 Å². The third kappa shape index (κ3) is 3.34. The smallest absolute Gasteiger partial charge is 0.410 e. The normalized spacial score (nSPS) is 15.2. The van der Waals surface area contributed by atoms with E-state index in [-0.39, 0.29) is 18.1 Å². The van der Waals surface area contributed by atoms with Crippen LogP contribution in [0.5, 0.6) is 0 Å². The highest BCUT2D eigenvalue weighted by atomic mass is 16.6. The van der Waals surface area contributed by atoms with Crippen molar-refractivity contribution >= 4 is 23.0 Å². The molecule has 1 aliphatic rings. The van der Waals surface area contributed by atoms with Crippen LogP contribution in [0, 0.1) is 6.92 Å². The molecule has 7 nitrogen and oxygen atoms in total. The highest BCUT2D eigenvalue weighted by Crippen LogP contribution is 2.16. The highest BCUT2D eigenvalue weighted by molar-refractivity contribution is 5.97. The molecule has 2 amide bonds. The van der Waals surface area contributed by atoms with Gasteiger partial charge in [0.05, 0.1) is 17.1 Å². The molecule has 1 aliphatic heterocycles. The van der Waals surface area contributed by atoms with Crippen LogP contribution < -0.4 is 0 Å². The zero-order valence-corrected chi connectivity index (χ0v) is 14.2. The van der Waals surface area contributed by atoms with Gasteiger partial charge in [-0.05, 0) is 39.0 Å². The average molecular weight is 330 g/mol. The molecule has 1 saturated heterocycles. The number of aromatic amines is 1. The molecule has 7 heteroatoms. The Labute approximate surface area is 140 Å². The van der Waals surface area contributed by atoms with E-state index in [1.807, 2.05) is 32.9 Å². The van der Waals surface area contributed by atoms with Gasteiger partial charge < -0.3 is 19.5 Å². The molecule has 0 unspecified atom stereocenters. The maximum atomic E-state index is 12.7. The van der Waals surface area contributed by atoms with Crippen LogP contribution in [0.25, 0.3) is 11.0 Å². The number of imidazole rings is 1. The largest absolute Gasteiger partial charge is 0.447 e. The van der Waals surface area contributed by atoms with Gasteiger partial charge in [-0.25, -0.2) is 9.78 Å². The van der Waals surface area contributed by atoms with Gasteiger partial charge in [-0.2, -0.15) is 0 Å². The Morgan fingerprint density at radius 2 is 1.83 bits per heavy atom. The topological polar surface area (TPSA) is 78.5 Å². The molecular formula is C17H22N4O3. The van der Waals surface area contributed by atoms with Gasteiger partial charge in [-0.3, -0.25) is 4.79 Å². The van der Waals surface area contributed by atoms with Gasteiger partial charge in [0.15, 0.2) is 0 Å². The predicted molar refractivity (Wildman–Crippen MR) is 89.9 cm³/mol. The molecule has 0 saturated carbocycles. The van der Waals surface area contributed by atoms with Gasteiger partial charge in [0.2, 0.25) is 0 Å². The van der Waals surface area contributed by atoms with E-state index in [1.54, 1.807) is 15.9 Å². The fourth-order valence-electron chi connectivity index (χ4n) is 2.82. The first-order chi connectivity index (χ1) is 11.4. The predicted octanol–water partition coefficient (Wildman–Crippen LogP) is 2.17. The fourth-order valence-corrected chi connectivity index (χ4v) is 2.82. The highest BCUT2D eigenvalue weighted by Gasteiger charge is 2.26. The lowest BCUT2D eigenvalue weighted by Gasteiger charge is -2.34. The third-order valence-corrected chi connectivity index (χ3v) is 4.01. The number of fused-ring (bicyclic) bond motifs is 1. The van der Waals surface area contributed by atoms with Crippen LogP contribution in [0.4, 0.5) is 4.79 Å². The van der Waals surface area contributed by atoms with E-state index in [1.165, 1.54) is 0 Å². The number of hydrogen-bond acceptors (Lipinski definition) is 4. The molecule has 0 atom stereocenters. The van der Waals surface area contributed by atoms with Gasteiger partial charge in [-0.15, -0.1) is 0 Å². The Kier molecular flexibility index (Phi) is 4.42. The SMILES string of the molecule is Cc1nc2ccc(C(=O)N3CCN(C(=O)OC(C)C)CC3)cc2[nH]1. The molecule has 1 fully saturated rings. The summed E-state index contributed by atoms with van der Waals surface area (Å²) in [5, 5.41) is 0. The molecule has 24 heavy (non-hydrogen) atoms. The number of piperazine rings is 1. The zero-order chi connectivity index (χ0) is 17.3. The minimum Gasteiger partial charge on any atom is -0.447 e. The second-order valence-corrected chi connectivity index (χ2v) is 6.27. The number of aromatic nitrogens is 2. The molecule has 1 aromatic carbocycles. The number of hydrogen-bond donors (Lipinski definition) is 1. The number of ether oxygens (including phenoxy) is 1. The third-order valence-electron chi connectivity index (χ3n) is 4.01. The number of benzene rings is 1. The van der Waals surface area contributed by atoms with Crippen molar-refractivity contribution < 1.29 is 14.3 Å². The van der Waals surface area contributed by atoms with Crippen molar-refractivity contribution in [2.75, 3.05) is 26.2 Å². The second kappa shape index (κ2) is 6.51. The minimum absolute atomic E-state index is 0.0268. The van der Waals surface area contributed by atoms with E-state index in [9.17, 15) is 9.59 Å². The van der Waals surface area contributed by atoms with E-state index in [2.05, 4.69) is 9.97 Å². The van der Waals surface area contributed by atoms with Gasteiger partial charge >= 0.3 is 6.09 Å². The molecule has 2 aromatic rings. The number of carbonyl (C=O) groups is 2. The van der Waals surface area contributed by atoms with E-state index >= 15 is 0 Å². The number of amides is 2. The summed E-state index contributed by atoms with van der Waals surface area (Å²) in [5.74, 6) is 0.799. The van der Waals surface area contributed by atoms with Crippen molar-refractivity contribution in [1.29, 1.82) is 0 Å². The molecule has 0 spiro atoms. The van der Waals surface area contributed by atoms with Crippen molar-refractivity contribution in [1.82, 2.24) is 19.8 Å². The molecule has 2 heterocycles. The van der Waals surface area contributed by atoms with Crippen LogP contribution in [0.3, 0.4) is 0 Å². The lowest BCUT2D eigenvalue weighted by atomic mass is 10.1. The van der Waals surface area contributed by atoms with E-state index < -0.39 is 0 Å². The first kappa shape index (κ1) is 16.3. The van der Waals surface area contributed by atoms with Gasteiger partial charge in [0.25, 0.3) is 5.91 Å². The summed E-state index contributed by atoms with van der Waals surface area (Å²) in [6.07, 6.45) is -0.451. The summed E-state index contributed by atoms with van der Waals surface area (Å²) in [7, 11) is 0. The van der Waals surface area contributed by atoms with Crippen LogP contribution in [-0.2, 0) is 4.74 Å². The van der Waals surface area contributed by atoms with Gasteiger partial charge in [0, 0.05) is 31.7 Å². The maximum Gasteiger partial charge on any atom is 0.410 e. The Balaban J connectivity index is 1.64. The number of rotatable bonds is 2. The Morgan fingerprint density at radius 1 is 1.17 bits per heavy atom. The lowest BCUT2D eigenvalue weighted by Crippen LogP contribution is -2.51. The van der Waals surface area contributed by atoms with Crippen LogP contribution in [0.1, 0.15) is 30.0 Å². The Morgan fingerprint density at radius 3 is 2.50 bits per heavy atom. The summed E-state index contributed by atoms with van der Waals surface area (Å²) >= 11 is 0. The molecule has 3 rings (SSSR count). The van der Waals surface area contributed by atoms with Crippen LogP contribution >= 0.6 is 0 Å².